The molecule has 0 heterocycles. The quantitative estimate of drug-likeness (QED) is 0.853. The van der Waals surface area contributed by atoms with E-state index in [1.807, 2.05) is 0 Å². The first-order chi connectivity index (χ1) is 8.59. The van der Waals surface area contributed by atoms with Crippen LogP contribution in [0.2, 0.25) is 0 Å². The molecule has 1 aliphatic rings. The van der Waals surface area contributed by atoms with Crippen molar-refractivity contribution >= 4 is 5.91 Å². The van der Waals surface area contributed by atoms with E-state index >= 15 is 0 Å². The maximum absolute atomic E-state index is 10.9. The normalized spacial score (nSPS) is 18.3. The van der Waals surface area contributed by atoms with Crippen LogP contribution in [0.25, 0.3) is 0 Å². The van der Waals surface area contributed by atoms with E-state index in [4.69, 9.17) is 16.2 Å². The van der Waals surface area contributed by atoms with E-state index in [9.17, 15) is 4.79 Å². The lowest BCUT2D eigenvalue weighted by Crippen LogP contribution is -2.47. The molecule has 0 aliphatic heterocycles. The van der Waals surface area contributed by atoms with E-state index in [0.29, 0.717) is 12.2 Å². The molecule has 0 radical (unpaired) electrons. The second-order valence-electron chi connectivity index (χ2n) is 5.10. The maximum Gasteiger partial charge on any atom is 0.248 e. The van der Waals surface area contributed by atoms with Crippen molar-refractivity contribution < 1.29 is 9.53 Å². The van der Waals surface area contributed by atoms with Gasteiger partial charge in [0, 0.05) is 5.56 Å². The summed E-state index contributed by atoms with van der Waals surface area (Å²) in [6.07, 6.45) is 5.67. The Hall–Kier alpha value is -1.55. The Morgan fingerprint density at radius 2 is 1.78 bits per heavy atom. The molecule has 0 aromatic heterocycles. The Labute approximate surface area is 107 Å². The van der Waals surface area contributed by atoms with Crippen molar-refractivity contribution in [3.8, 4) is 5.75 Å². The van der Waals surface area contributed by atoms with Gasteiger partial charge in [0.1, 0.15) is 12.4 Å². The number of primary amides is 1. The molecule has 4 nitrogen and oxygen atoms in total. The van der Waals surface area contributed by atoms with Crippen LogP contribution in [0, 0.1) is 0 Å². The maximum atomic E-state index is 10.9. The van der Waals surface area contributed by atoms with Crippen LogP contribution >= 0.6 is 0 Å². The van der Waals surface area contributed by atoms with Crippen LogP contribution in [0.4, 0.5) is 0 Å². The highest BCUT2D eigenvalue weighted by molar-refractivity contribution is 5.92. The van der Waals surface area contributed by atoms with Crippen molar-refractivity contribution in [1.82, 2.24) is 0 Å². The van der Waals surface area contributed by atoms with Gasteiger partial charge in [-0.15, -0.1) is 0 Å². The molecule has 0 unspecified atom stereocenters. The molecule has 98 valence electrons. The Bertz CT molecular complexity index is 408. The summed E-state index contributed by atoms with van der Waals surface area (Å²) in [5.74, 6) is 0.305. The summed E-state index contributed by atoms with van der Waals surface area (Å²) in [6, 6.07) is 6.85. The summed E-state index contributed by atoms with van der Waals surface area (Å²) in [6.45, 7) is 0.531. The predicted octanol–water partition coefficient (Wildman–Crippen LogP) is 1.83. The summed E-state index contributed by atoms with van der Waals surface area (Å²) in [4.78, 5) is 10.9. The lowest BCUT2D eigenvalue weighted by atomic mass is 9.83. The van der Waals surface area contributed by atoms with Crippen molar-refractivity contribution in [2.24, 2.45) is 11.5 Å². The van der Waals surface area contributed by atoms with E-state index in [-0.39, 0.29) is 5.54 Å². The summed E-state index contributed by atoms with van der Waals surface area (Å²) >= 11 is 0. The highest BCUT2D eigenvalue weighted by Gasteiger charge is 2.28. The van der Waals surface area contributed by atoms with Crippen LogP contribution in [0.5, 0.6) is 5.75 Å². The number of carbonyl (C=O) groups excluding carboxylic acids is 1. The second kappa shape index (κ2) is 5.40. The van der Waals surface area contributed by atoms with Crippen LogP contribution in [0.3, 0.4) is 0 Å². The molecule has 2 rings (SSSR count). The van der Waals surface area contributed by atoms with Gasteiger partial charge in [0.05, 0.1) is 5.54 Å². The number of rotatable bonds is 4. The standard InChI is InChI=1S/C14H20N2O2/c15-13(17)11-4-6-12(7-5-11)18-10-14(16)8-2-1-3-9-14/h4-7H,1-3,8-10,16H2,(H2,15,17). The molecule has 1 aromatic carbocycles. The summed E-state index contributed by atoms with van der Waals surface area (Å²) in [7, 11) is 0. The number of benzene rings is 1. The van der Waals surface area contributed by atoms with Crippen LogP contribution in [0.1, 0.15) is 42.5 Å². The number of ether oxygens (including phenoxy) is 1. The topological polar surface area (TPSA) is 78.3 Å². The lowest BCUT2D eigenvalue weighted by Gasteiger charge is -2.33. The molecule has 1 saturated carbocycles. The number of hydrogen-bond acceptors (Lipinski definition) is 3. The molecule has 1 amide bonds. The molecule has 0 atom stereocenters. The largest absolute Gasteiger partial charge is 0.492 e. The Balaban J connectivity index is 1.91. The highest BCUT2D eigenvalue weighted by atomic mass is 16.5. The van der Waals surface area contributed by atoms with Crippen molar-refractivity contribution in [1.29, 1.82) is 0 Å². The molecule has 4 N–H and O–H groups in total. The minimum Gasteiger partial charge on any atom is -0.492 e. The van der Waals surface area contributed by atoms with Crippen molar-refractivity contribution in [3.63, 3.8) is 0 Å². The first-order valence-corrected chi connectivity index (χ1v) is 6.41. The molecular weight excluding hydrogens is 228 g/mol. The van der Waals surface area contributed by atoms with E-state index in [0.717, 1.165) is 18.6 Å². The third-order valence-electron chi connectivity index (χ3n) is 3.51. The van der Waals surface area contributed by atoms with E-state index < -0.39 is 5.91 Å². The number of carbonyl (C=O) groups is 1. The predicted molar refractivity (Wildman–Crippen MR) is 70.5 cm³/mol. The average molecular weight is 248 g/mol. The molecule has 1 fully saturated rings. The van der Waals surface area contributed by atoms with E-state index in [1.165, 1.54) is 19.3 Å². The minimum atomic E-state index is -0.427. The van der Waals surface area contributed by atoms with E-state index in [2.05, 4.69) is 0 Å². The SMILES string of the molecule is NC(=O)c1ccc(OCC2(N)CCCCC2)cc1. The zero-order valence-corrected chi connectivity index (χ0v) is 10.5. The van der Waals surface area contributed by atoms with Crippen molar-refractivity contribution in [2.45, 2.75) is 37.6 Å². The van der Waals surface area contributed by atoms with Crippen LogP contribution < -0.4 is 16.2 Å². The molecule has 18 heavy (non-hydrogen) atoms. The number of nitrogens with two attached hydrogens (primary N) is 2. The summed E-state index contributed by atoms with van der Waals surface area (Å²) in [5.41, 5.74) is 11.8. The first kappa shape index (κ1) is 12.9. The lowest BCUT2D eigenvalue weighted by molar-refractivity contribution is 0.1000. The average Bonchev–Trinajstić information content (AvgIpc) is 2.38. The third kappa shape index (κ3) is 3.23. The molecular formula is C14H20N2O2. The van der Waals surface area contributed by atoms with Gasteiger partial charge in [-0.25, -0.2) is 0 Å². The van der Waals surface area contributed by atoms with Gasteiger partial charge in [0.25, 0.3) is 0 Å². The fourth-order valence-electron chi connectivity index (χ4n) is 2.34. The van der Waals surface area contributed by atoms with Gasteiger partial charge in [-0.1, -0.05) is 19.3 Å². The van der Waals surface area contributed by atoms with Crippen LogP contribution in [0.15, 0.2) is 24.3 Å². The zero-order valence-electron chi connectivity index (χ0n) is 10.5. The van der Waals surface area contributed by atoms with Gasteiger partial charge in [0.15, 0.2) is 0 Å². The van der Waals surface area contributed by atoms with Gasteiger partial charge >= 0.3 is 0 Å². The molecule has 1 aliphatic carbocycles. The van der Waals surface area contributed by atoms with Gasteiger partial charge in [-0.3, -0.25) is 4.79 Å². The van der Waals surface area contributed by atoms with Gasteiger partial charge < -0.3 is 16.2 Å². The monoisotopic (exact) mass is 248 g/mol. The fourth-order valence-corrected chi connectivity index (χ4v) is 2.34. The number of amides is 1. The Morgan fingerprint density at radius 1 is 1.17 bits per heavy atom. The Morgan fingerprint density at radius 3 is 2.33 bits per heavy atom. The zero-order chi connectivity index (χ0) is 13.0. The first-order valence-electron chi connectivity index (χ1n) is 6.41. The van der Waals surface area contributed by atoms with Crippen LogP contribution in [-0.4, -0.2) is 18.1 Å². The molecule has 0 spiro atoms. The summed E-state index contributed by atoms with van der Waals surface area (Å²) < 4.78 is 5.71. The highest BCUT2D eigenvalue weighted by Crippen LogP contribution is 2.26. The van der Waals surface area contributed by atoms with Crippen LogP contribution in [-0.2, 0) is 0 Å². The molecule has 1 aromatic rings. The number of hydrogen-bond donors (Lipinski definition) is 2. The second-order valence-corrected chi connectivity index (χ2v) is 5.10. The smallest absolute Gasteiger partial charge is 0.248 e. The summed E-state index contributed by atoms with van der Waals surface area (Å²) in [5, 5.41) is 0. The van der Waals surface area contributed by atoms with Gasteiger partial charge in [-0.05, 0) is 37.1 Å². The molecule has 0 bridgehead atoms. The van der Waals surface area contributed by atoms with E-state index in [1.54, 1.807) is 24.3 Å². The van der Waals surface area contributed by atoms with Crippen molar-refractivity contribution in [3.05, 3.63) is 29.8 Å². The third-order valence-corrected chi connectivity index (χ3v) is 3.51. The Kier molecular flexibility index (Phi) is 3.87. The minimum absolute atomic E-state index is 0.194. The molecule has 4 heteroatoms. The van der Waals surface area contributed by atoms with Gasteiger partial charge in [-0.2, -0.15) is 0 Å². The molecule has 0 saturated heterocycles. The van der Waals surface area contributed by atoms with Gasteiger partial charge in [0.2, 0.25) is 5.91 Å². The van der Waals surface area contributed by atoms with Crippen molar-refractivity contribution in [2.75, 3.05) is 6.61 Å². The fraction of sp³-hybridized carbons (Fsp3) is 0.500.